The molecule has 0 saturated carbocycles. The number of piperidine rings is 1. The van der Waals surface area contributed by atoms with E-state index in [0.717, 1.165) is 23.7 Å². The van der Waals surface area contributed by atoms with Gasteiger partial charge in [0.25, 0.3) is 0 Å². The molecule has 2 fully saturated rings. The maximum atomic E-state index is 12.2. The highest BCUT2D eigenvalue weighted by atomic mass is 32.1. The molecule has 2 atom stereocenters. The lowest BCUT2D eigenvalue weighted by molar-refractivity contribution is -0.117. The third kappa shape index (κ3) is 3.64. The number of fused-ring (bicyclic) bond motifs is 2. The van der Waals surface area contributed by atoms with Crippen LogP contribution < -0.4 is 10.6 Å². The molecule has 1 aromatic heterocycles. The number of carbonyl (C=O) groups excluding carboxylic acids is 1. The topological polar surface area (TPSA) is 54.0 Å². The number of thiazole rings is 1. The number of hydrogen-bond donors (Lipinski definition) is 2. The van der Waals surface area contributed by atoms with Crippen molar-refractivity contribution in [2.45, 2.75) is 70.4 Å². The fraction of sp³-hybridized carbons (Fsp3) is 0.750. The number of anilines is 1. The molecule has 3 rings (SSSR count). The minimum Gasteiger partial charge on any atom is -0.311 e. The molecule has 1 aromatic rings. The highest BCUT2D eigenvalue weighted by Gasteiger charge is 2.34. The van der Waals surface area contributed by atoms with E-state index in [1.165, 1.54) is 24.2 Å². The Bertz CT molecular complexity index is 508. The van der Waals surface area contributed by atoms with Crippen LogP contribution in [0.15, 0.2) is 5.38 Å². The van der Waals surface area contributed by atoms with Gasteiger partial charge in [-0.3, -0.25) is 4.79 Å². The first-order chi connectivity index (χ1) is 9.90. The highest BCUT2D eigenvalue weighted by Crippen LogP contribution is 2.33. The van der Waals surface area contributed by atoms with Crippen molar-refractivity contribution in [3.05, 3.63) is 11.1 Å². The summed E-state index contributed by atoms with van der Waals surface area (Å²) in [5.74, 6) is 0.655. The normalized spacial score (nSPS) is 28.6. The van der Waals surface area contributed by atoms with Gasteiger partial charge in [-0.1, -0.05) is 20.8 Å². The Kier molecular flexibility index (Phi) is 4.06. The predicted molar refractivity (Wildman–Crippen MR) is 86.7 cm³/mol. The summed E-state index contributed by atoms with van der Waals surface area (Å²) in [6.45, 7) is 6.41. The molecule has 2 bridgehead atoms. The third-order valence-corrected chi connectivity index (χ3v) is 5.32. The van der Waals surface area contributed by atoms with Crippen LogP contribution in [0.4, 0.5) is 5.13 Å². The first kappa shape index (κ1) is 15.0. The van der Waals surface area contributed by atoms with Crippen LogP contribution >= 0.6 is 11.3 Å². The van der Waals surface area contributed by atoms with Gasteiger partial charge in [0.1, 0.15) is 0 Å². The van der Waals surface area contributed by atoms with Crippen molar-refractivity contribution in [1.29, 1.82) is 0 Å². The summed E-state index contributed by atoms with van der Waals surface area (Å²) in [5, 5.41) is 9.38. The molecule has 4 nitrogen and oxygen atoms in total. The van der Waals surface area contributed by atoms with Crippen LogP contribution in [0.3, 0.4) is 0 Å². The smallest absolute Gasteiger partial charge is 0.226 e. The standard InChI is InChI=1S/C16H25N3OS/c1-16(2,3)13-9-21-15(18-13)19-14(20)8-10-6-11-4-5-12(7-10)17-11/h9-12,17H,4-8H2,1-3H3,(H,18,19,20). The van der Waals surface area contributed by atoms with Crippen molar-refractivity contribution in [3.8, 4) is 0 Å². The largest absolute Gasteiger partial charge is 0.311 e. The Morgan fingerprint density at radius 2 is 2.05 bits per heavy atom. The predicted octanol–water partition coefficient (Wildman–Crippen LogP) is 3.30. The second-order valence-corrected chi connectivity index (χ2v) is 8.37. The Labute approximate surface area is 130 Å². The van der Waals surface area contributed by atoms with Crippen molar-refractivity contribution in [2.24, 2.45) is 5.92 Å². The number of rotatable bonds is 3. The third-order valence-electron chi connectivity index (χ3n) is 4.56. The Morgan fingerprint density at radius 1 is 1.38 bits per heavy atom. The Balaban J connectivity index is 1.53. The van der Waals surface area contributed by atoms with Crippen molar-refractivity contribution >= 4 is 22.4 Å². The van der Waals surface area contributed by atoms with E-state index < -0.39 is 0 Å². The molecular weight excluding hydrogens is 282 g/mol. The summed E-state index contributed by atoms with van der Waals surface area (Å²) in [7, 11) is 0. The maximum absolute atomic E-state index is 12.2. The molecule has 5 heteroatoms. The minimum absolute atomic E-state index is 0.0354. The molecule has 2 N–H and O–H groups in total. The zero-order chi connectivity index (χ0) is 15.0. The molecular formula is C16H25N3OS. The number of hydrogen-bond acceptors (Lipinski definition) is 4. The number of aromatic nitrogens is 1. The van der Waals surface area contributed by atoms with E-state index in [1.807, 2.05) is 5.38 Å². The summed E-state index contributed by atoms with van der Waals surface area (Å²) in [4.78, 5) is 16.7. The van der Waals surface area contributed by atoms with Gasteiger partial charge in [0.15, 0.2) is 5.13 Å². The molecule has 2 aliphatic rings. The van der Waals surface area contributed by atoms with Gasteiger partial charge in [0.2, 0.25) is 5.91 Å². The number of nitrogens with zero attached hydrogens (tertiary/aromatic N) is 1. The lowest BCUT2D eigenvalue weighted by atomic mass is 9.89. The highest BCUT2D eigenvalue weighted by molar-refractivity contribution is 7.13. The molecule has 2 saturated heterocycles. The zero-order valence-electron chi connectivity index (χ0n) is 13.1. The van der Waals surface area contributed by atoms with Crippen LogP contribution in [-0.2, 0) is 10.2 Å². The molecule has 0 aromatic carbocycles. The molecule has 116 valence electrons. The minimum atomic E-state index is 0.0354. The zero-order valence-corrected chi connectivity index (χ0v) is 13.9. The van der Waals surface area contributed by atoms with E-state index in [0.29, 0.717) is 24.4 Å². The number of nitrogens with one attached hydrogen (secondary N) is 2. The molecule has 3 heterocycles. The van der Waals surface area contributed by atoms with Gasteiger partial charge in [-0.2, -0.15) is 0 Å². The van der Waals surface area contributed by atoms with Crippen LogP contribution in [0.25, 0.3) is 0 Å². The molecule has 21 heavy (non-hydrogen) atoms. The molecule has 1 amide bonds. The van der Waals surface area contributed by atoms with Gasteiger partial charge < -0.3 is 10.6 Å². The van der Waals surface area contributed by atoms with Crippen molar-refractivity contribution in [2.75, 3.05) is 5.32 Å². The first-order valence-electron chi connectivity index (χ1n) is 7.92. The SMILES string of the molecule is CC(C)(C)c1csc(NC(=O)CC2CC3CCC(C2)N3)n1. The molecule has 2 aliphatic heterocycles. The second kappa shape index (κ2) is 5.69. The maximum Gasteiger partial charge on any atom is 0.226 e. The van der Waals surface area contributed by atoms with Gasteiger partial charge in [0.05, 0.1) is 5.69 Å². The van der Waals surface area contributed by atoms with Gasteiger partial charge >= 0.3 is 0 Å². The van der Waals surface area contributed by atoms with Crippen LogP contribution in [0, 0.1) is 5.92 Å². The Hall–Kier alpha value is -0.940. The second-order valence-electron chi connectivity index (χ2n) is 7.52. The Morgan fingerprint density at radius 3 is 2.62 bits per heavy atom. The molecule has 0 aliphatic carbocycles. The van der Waals surface area contributed by atoms with E-state index >= 15 is 0 Å². The van der Waals surface area contributed by atoms with Gasteiger partial charge in [0, 0.05) is 29.3 Å². The van der Waals surface area contributed by atoms with Crippen LogP contribution in [0.1, 0.15) is 58.6 Å². The summed E-state index contributed by atoms with van der Waals surface area (Å²) in [6, 6.07) is 1.29. The van der Waals surface area contributed by atoms with E-state index in [-0.39, 0.29) is 11.3 Å². The van der Waals surface area contributed by atoms with Gasteiger partial charge in [-0.05, 0) is 31.6 Å². The van der Waals surface area contributed by atoms with Gasteiger partial charge in [-0.15, -0.1) is 11.3 Å². The van der Waals surface area contributed by atoms with Crippen LogP contribution in [-0.4, -0.2) is 23.0 Å². The quantitative estimate of drug-likeness (QED) is 0.901. The average molecular weight is 307 g/mol. The summed E-state index contributed by atoms with van der Waals surface area (Å²) in [5.41, 5.74) is 1.08. The summed E-state index contributed by atoms with van der Waals surface area (Å²) < 4.78 is 0. The average Bonchev–Trinajstić information content (AvgIpc) is 2.96. The van der Waals surface area contributed by atoms with Crippen LogP contribution in [0.5, 0.6) is 0 Å². The van der Waals surface area contributed by atoms with E-state index in [9.17, 15) is 4.79 Å². The summed E-state index contributed by atoms with van der Waals surface area (Å²) in [6.07, 6.45) is 5.50. The summed E-state index contributed by atoms with van der Waals surface area (Å²) >= 11 is 1.52. The van der Waals surface area contributed by atoms with Crippen molar-refractivity contribution in [3.63, 3.8) is 0 Å². The van der Waals surface area contributed by atoms with Crippen molar-refractivity contribution in [1.82, 2.24) is 10.3 Å². The van der Waals surface area contributed by atoms with E-state index in [1.54, 1.807) is 0 Å². The molecule has 0 radical (unpaired) electrons. The fourth-order valence-corrected chi connectivity index (χ4v) is 4.40. The first-order valence-corrected chi connectivity index (χ1v) is 8.80. The van der Waals surface area contributed by atoms with Crippen molar-refractivity contribution < 1.29 is 4.79 Å². The van der Waals surface area contributed by atoms with E-state index in [2.05, 4.69) is 36.4 Å². The van der Waals surface area contributed by atoms with Crippen LogP contribution in [0.2, 0.25) is 0 Å². The lowest BCUT2D eigenvalue weighted by Crippen LogP contribution is -2.39. The molecule has 0 spiro atoms. The monoisotopic (exact) mass is 307 g/mol. The van der Waals surface area contributed by atoms with Gasteiger partial charge in [-0.25, -0.2) is 4.98 Å². The number of amides is 1. The number of carbonyl (C=O) groups is 1. The fourth-order valence-electron chi connectivity index (χ4n) is 3.45. The molecule has 2 unspecified atom stereocenters. The lowest BCUT2D eigenvalue weighted by Gasteiger charge is -2.28. The van der Waals surface area contributed by atoms with E-state index in [4.69, 9.17) is 0 Å².